The summed E-state index contributed by atoms with van der Waals surface area (Å²) in [4.78, 5) is 12.2. The van der Waals surface area contributed by atoms with E-state index in [2.05, 4.69) is 6.58 Å². The van der Waals surface area contributed by atoms with E-state index in [1.807, 2.05) is 0 Å². The molecule has 0 radical (unpaired) electrons. The van der Waals surface area contributed by atoms with E-state index in [0.717, 1.165) is 12.1 Å². The molecule has 1 aliphatic carbocycles. The van der Waals surface area contributed by atoms with Crippen LogP contribution in [-0.2, 0) is 11.0 Å². The molecule has 0 saturated heterocycles. The van der Waals surface area contributed by atoms with Crippen molar-refractivity contribution in [3.8, 4) is 0 Å². The van der Waals surface area contributed by atoms with Gasteiger partial charge in [-0.25, -0.2) is 0 Å². The maximum Gasteiger partial charge on any atom is 0.416 e. The Bertz CT molecular complexity index is 562. The third kappa shape index (κ3) is 2.66. The van der Waals surface area contributed by atoms with Crippen molar-refractivity contribution in [1.29, 1.82) is 5.41 Å². The molecule has 0 bridgehead atoms. The highest BCUT2D eigenvalue weighted by Gasteiger charge is 2.39. The molecule has 1 aliphatic rings. The molecule has 1 fully saturated rings. The zero-order valence-electron chi connectivity index (χ0n) is 10.7. The van der Waals surface area contributed by atoms with Crippen LogP contribution in [0.1, 0.15) is 29.9 Å². The standard InChI is InChI=1S/C15H14F3NO/c1-2-4-10-8-12(19)13(14(10)20)9-5-3-6-11(7-9)15(16,17)18/h2-3,5-7,10,13,19H,1,4,8H2. The molecule has 0 spiro atoms. The van der Waals surface area contributed by atoms with E-state index < -0.39 is 17.7 Å². The quantitative estimate of drug-likeness (QED) is 0.837. The number of benzene rings is 1. The smallest absolute Gasteiger partial charge is 0.309 e. The summed E-state index contributed by atoms with van der Waals surface area (Å²) >= 11 is 0. The summed E-state index contributed by atoms with van der Waals surface area (Å²) in [6.45, 7) is 3.56. The lowest BCUT2D eigenvalue weighted by Crippen LogP contribution is -2.16. The van der Waals surface area contributed by atoms with E-state index in [-0.39, 0.29) is 23.0 Å². The van der Waals surface area contributed by atoms with Gasteiger partial charge >= 0.3 is 6.18 Å². The zero-order chi connectivity index (χ0) is 14.9. The highest BCUT2D eigenvalue weighted by molar-refractivity contribution is 6.15. The summed E-state index contributed by atoms with van der Waals surface area (Å²) in [5.41, 5.74) is -0.356. The van der Waals surface area contributed by atoms with Gasteiger partial charge in [-0.15, -0.1) is 6.58 Å². The Balaban J connectivity index is 2.34. The largest absolute Gasteiger partial charge is 0.416 e. The van der Waals surface area contributed by atoms with Crippen molar-refractivity contribution in [3.63, 3.8) is 0 Å². The fourth-order valence-electron chi connectivity index (χ4n) is 2.55. The van der Waals surface area contributed by atoms with Gasteiger partial charge in [-0.1, -0.05) is 24.3 Å². The Labute approximate surface area is 114 Å². The molecule has 5 heteroatoms. The molecule has 0 aliphatic heterocycles. The van der Waals surface area contributed by atoms with Crippen LogP contribution in [0.5, 0.6) is 0 Å². The maximum absolute atomic E-state index is 12.7. The van der Waals surface area contributed by atoms with Gasteiger partial charge < -0.3 is 5.41 Å². The number of carbonyl (C=O) groups excluding carboxylic acids is 1. The van der Waals surface area contributed by atoms with Gasteiger partial charge in [0, 0.05) is 11.6 Å². The Morgan fingerprint density at radius 2 is 2.10 bits per heavy atom. The van der Waals surface area contributed by atoms with E-state index in [4.69, 9.17) is 5.41 Å². The molecule has 106 valence electrons. The summed E-state index contributed by atoms with van der Waals surface area (Å²) in [6, 6.07) is 4.68. The average Bonchev–Trinajstić information content (AvgIpc) is 2.64. The highest BCUT2D eigenvalue weighted by Crippen LogP contribution is 2.37. The van der Waals surface area contributed by atoms with Crippen molar-refractivity contribution in [2.24, 2.45) is 5.92 Å². The van der Waals surface area contributed by atoms with E-state index in [1.165, 1.54) is 12.1 Å². The SMILES string of the molecule is C=CCC1CC(=N)C(c2cccc(C(F)(F)F)c2)C1=O. The molecule has 2 unspecified atom stereocenters. The van der Waals surface area contributed by atoms with Crippen molar-refractivity contribution in [1.82, 2.24) is 0 Å². The number of Topliss-reactive ketones (excluding diaryl/α,β-unsaturated/α-hetero) is 1. The van der Waals surface area contributed by atoms with Crippen LogP contribution in [0.25, 0.3) is 0 Å². The first-order valence-corrected chi connectivity index (χ1v) is 6.23. The molecule has 0 heterocycles. The van der Waals surface area contributed by atoms with E-state index >= 15 is 0 Å². The molecular weight excluding hydrogens is 267 g/mol. The van der Waals surface area contributed by atoms with E-state index in [1.54, 1.807) is 6.08 Å². The number of ketones is 1. The molecule has 1 N–H and O–H groups in total. The number of carbonyl (C=O) groups is 1. The Morgan fingerprint density at radius 1 is 1.40 bits per heavy atom. The topological polar surface area (TPSA) is 40.9 Å². The highest BCUT2D eigenvalue weighted by atomic mass is 19.4. The van der Waals surface area contributed by atoms with Crippen molar-refractivity contribution in [3.05, 3.63) is 48.0 Å². The number of nitrogens with one attached hydrogen (secondary N) is 1. The van der Waals surface area contributed by atoms with Gasteiger partial charge in [0.2, 0.25) is 0 Å². The van der Waals surface area contributed by atoms with Gasteiger partial charge in [-0.05, 0) is 24.5 Å². The molecule has 0 aromatic heterocycles. The average molecular weight is 281 g/mol. The fraction of sp³-hybridized carbons (Fsp3) is 0.333. The lowest BCUT2D eigenvalue weighted by Gasteiger charge is -2.13. The van der Waals surface area contributed by atoms with Crippen LogP contribution in [0, 0.1) is 11.3 Å². The predicted molar refractivity (Wildman–Crippen MR) is 69.8 cm³/mol. The third-order valence-corrected chi connectivity index (χ3v) is 3.50. The van der Waals surface area contributed by atoms with Gasteiger partial charge in [-0.3, -0.25) is 4.79 Å². The molecule has 2 atom stereocenters. The molecule has 1 saturated carbocycles. The molecule has 2 nitrogen and oxygen atoms in total. The monoisotopic (exact) mass is 281 g/mol. The van der Waals surface area contributed by atoms with Crippen molar-refractivity contribution in [2.75, 3.05) is 0 Å². The van der Waals surface area contributed by atoms with Crippen LogP contribution >= 0.6 is 0 Å². The Morgan fingerprint density at radius 3 is 2.70 bits per heavy atom. The number of hydrogen-bond donors (Lipinski definition) is 1. The van der Waals surface area contributed by atoms with Crippen LogP contribution in [0.4, 0.5) is 13.2 Å². The van der Waals surface area contributed by atoms with Crippen LogP contribution < -0.4 is 0 Å². The molecule has 0 amide bonds. The third-order valence-electron chi connectivity index (χ3n) is 3.50. The Kier molecular flexibility index (Phi) is 3.79. The molecule has 2 rings (SSSR count). The maximum atomic E-state index is 12.7. The fourth-order valence-corrected chi connectivity index (χ4v) is 2.55. The minimum Gasteiger partial charge on any atom is -0.309 e. The molecule has 1 aromatic carbocycles. The van der Waals surface area contributed by atoms with E-state index in [9.17, 15) is 18.0 Å². The lowest BCUT2D eigenvalue weighted by molar-refractivity contribution is -0.137. The minimum absolute atomic E-state index is 0.182. The van der Waals surface area contributed by atoms with Crippen LogP contribution in [-0.4, -0.2) is 11.5 Å². The van der Waals surface area contributed by atoms with Gasteiger partial charge in [0.05, 0.1) is 11.5 Å². The summed E-state index contributed by atoms with van der Waals surface area (Å²) in [5, 5.41) is 7.87. The minimum atomic E-state index is -4.44. The van der Waals surface area contributed by atoms with Crippen LogP contribution in [0.3, 0.4) is 0 Å². The number of hydrogen-bond acceptors (Lipinski definition) is 2. The lowest BCUT2D eigenvalue weighted by atomic mass is 9.92. The van der Waals surface area contributed by atoms with Gasteiger partial charge in [0.1, 0.15) is 5.78 Å². The van der Waals surface area contributed by atoms with Gasteiger partial charge in [-0.2, -0.15) is 13.2 Å². The number of halogens is 3. The van der Waals surface area contributed by atoms with Crippen LogP contribution in [0.2, 0.25) is 0 Å². The summed E-state index contributed by atoms with van der Waals surface area (Å²) < 4.78 is 38.1. The first-order valence-electron chi connectivity index (χ1n) is 6.23. The number of rotatable bonds is 3. The van der Waals surface area contributed by atoms with Crippen molar-refractivity contribution >= 4 is 11.5 Å². The normalized spacial score (nSPS) is 23.1. The molecule has 1 aromatic rings. The summed E-state index contributed by atoms with van der Waals surface area (Å²) in [5.74, 6) is -1.36. The first kappa shape index (κ1) is 14.5. The first-order chi connectivity index (χ1) is 9.34. The predicted octanol–water partition coefficient (Wildman–Crippen LogP) is 3.97. The Hall–Kier alpha value is -1.91. The number of allylic oxidation sites excluding steroid dienone is 1. The zero-order valence-corrected chi connectivity index (χ0v) is 10.7. The molecule has 20 heavy (non-hydrogen) atoms. The van der Waals surface area contributed by atoms with E-state index in [0.29, 0.717) is 12.8 Å². The summed E-state index contributed by atoms with van der Waals surface area (Å²) in [6.07, 6.45) is -2.09. The summed E-state index contributed by atoms with van der Waals surface area (Å²) in [7, 11) is 0. The van der Waals surface area contributed by atoms with Gasteiger partial charge in [0.25, 0.3) is 0 Å². The number of alkyl halides is 3. The van der Waals surface area contributed by atoms with Crippen LogP contribution in [0.15, 0.2) is 36.9 Å². The second kappa shape index (κ2) is 5.23. The van der Waals surface area contributed by atoms with Crippen molar-refractivity contribution < 1.29 is 18.0 Å². The van der Waals surface area contributed by atoms with Crippen molar-refractivity contribution in [2.45, 2.75) is 24.9 Å². The van der Waals surface area contributed by atoms with Gasteiger partial charge in [0.15, 0.2) is 0 Å². The second-order valence-electron chi connectivity index (χ2n) is 4.91. The second-order valence-corrected chi connectivity index (χ2v) is 4.91. The molecular formula is C15H14F3NO.